The maximum atomic E-state index is 11.5. The van der Waals surface area contributed by atoms with Crippen molar-refractivity contribution in [2.45, 2.75) is 6.54 Å². The highest BCUT2D eigenvalue weighted by atomic mass is 32.1. The molecule has 0 saturated heterocycles. The Hall–Kier alpha value is -2.60. The van der Waals surface area contributed by atoms with Crippen molar-refractivity contribution < 1.29 is 9.53 Å². The molecule has 0 aliphatic carbocycles. The van der Waals surface area contributed by atoms with E-state index in [0.717, 1.165) is 17.0 Å². The Morgan fingerprint density at radius 2 is 1.92 bits per heavy atom. The van der Waals surface area contributed by atoms with Gasteiger partial charge in [-0.25, -0.2) is 0 Å². The Morgan fingerprint density at radius 1 is 1.21 bits per heavy atom. The molecule has 0 aliphatic rings. The lowest BCUT2D eigenvalue weighted by atomic mass is 10.1. The number of rotatable bonds is 5. The number of ether oxygens (including phenoxy) is 1. The summed E-state index contributed by atoms with van der Waals surface area (Å²) in [5.74, 6) is 0.681. The lowest BCUT2D eigenvalue weighted by Gasteiger charge is -2.21. The van der Waals surface area contributed by atoms with E-state index in [1.165, 1.54) is 0 Å². The van der Waals surface area contributed by atoms with Gasteiger partial charge >= 0.3 is 0 Å². The first-order chi connectivity index (χ1) is 11.5. The van der Waals surface area contributed by atoms with Crippen molar-refractivity contribution in [1.82, 2.24) is 10.2 Å². The van der Waals surface area contributed by atoms with E-state index < -0.39 is 0 Å². The highest BCUT2D eigenvalue weighted by molar-refractivity contribution is 7.80. The average molecular weight is 343 g/mol. The average Bonchev–Trinajstić information content (AvgIpc) is 2.61. The summed E-state index contributed by atoms with van der Waals surface area (Å²) in [6, 6.07) is 15.1. The molecule has 2 rings (SSSR count). The van der Waals surface area contributed by atoms with E-state index in [0.29, 0.717) is 17.2 Å². The van der Waals surface area contributed by atoms with Crippen LogP contribution in [0.2, 0.25) is 0 Å². The standard InChI is InChI=1S/C18H21N3O2S/c1-19-17(22)14-9-7-13(8-10-14)12-21(2)18(24)20-15-5-4-6-16(11-15)23-3/h4-11H,12H2,1-3H3,(H,19,22)(H,20,24). The highest BCUT2D eigenvalue weighted by Gasteiger charge is 2.08. The Bertz CT molecular complexity index is 716. The topological polar surface area (TPSA) is 53.6 Å². The summed E-state index contributed by atoms with van der Waals surface area (Å²) >= 11 is 5.43. The van der Waals surface area contributed by atoms with Crippen LogP contribution in [0.5, 0.6) is 5.75 Å². The summed E-state index contributed by atoms with van der Waals surface area (Å²) in [5, 5.41) is 6.40. The molecule has 0 unspecified atom stereocenters. The minimum Gasteiger partial charge on any atom is -0.497 e. The summed E-state index contributed by atoms with van der Waals surface area (Å²) < 4.78 is 5.20. The molecule has 0 saturated carbocycles. The van der Waals surface area contributed by atoms with Crippen molar-refractivity contribution in [3.8, 4) is 5.75 Å². The summed E-state index contributed by atoms with van der Waals surface area (Å²) in [7, 11) is 5.17. The van der Waals surface area contributed by atoms with Gasteiger partial charge in [-0.1, -0.05) is 18.2 Å². The van der Waals surface area contributed by atoms with Crippen LogP contribution in [0, 0.1) is 0 Å². The number of benzene rings is 2. The van der Waals surface area contributed by atoms with E-state index in [2.05, 4.69) is 10.6 Å². The molecule has 2 aromatic rings. The molecule has 0 heterocycles. The van der Waals surface area contributed by atoms with Crippen LogP contribution < -0.4 is 15.4 Å². The Kier molecular flexibility index (Phi) is 6.14. The molecular weight excluding hydrogens is 322 g/mol. The van der Waals surface area contributed by atoms with Gasteiger partial charge < -0.3 is 20.3 Å². The third-order valence-corrected chi connectivity index (χ3v) is 3.94. The van der Waals surface area contributed by atoms with Crippen LogP contribution in [0.25, 0.3) is 0 Å². The van der Waals surface area contributed by atoms with Crippen molar-refractivity contribution in [2.24, 2.45) is 0 Å². The lowest BCUT2D eigenvalue weighted by Crippen LogP contribution is -2.30. The van der Waals surface area contributed by atoms with Gasteiger partial charge in [0.2, 0.25) is 0 Å². The second kappa shape index (κ2) is 8.31. The predicted octanol–water partition coefficient (Wildman–Crippen LogP) is 2.88. The van der Waals surface area contributed by atoms with Crippen molar-refractivity contribution in [1.29, 1.82) is 0 Å². The van der Waals surface area contributed by atoms with Crippen molar-refractivity contribution >= 4 is 28.9 Å². The van der Waals surface area contributed by atoms with Crippen LogP contribution in [0.15, 0.2) is 48.5 Å². The number of amides is 1. The molecule has 2 N–H and O–H groups in total. The molecule has 0 aromatic heterocycles. The first-order valence-electron chi connectivity index (χ1n) is 7.50. The number of hydrogen-bond donors (Lipinski definition) is 2. The molecule has 6 heteroatoms. The number of carbonyl (C=O) groups is 1. The van der Waals surface area contributed by atoms with Gasteiger partial charge in [0.1, 0.15) is 5.75 Å². The van der Waals surface area contributed by atoms with Crippen LogP contribution in [0.3, 0.4) is 0 Å². The molecule has 0 fully saturated rings. The number of nitrogens with one attached hydrogen (secondary N) is 2. The van der Waals surface area contributed by atoms with Gasteiger partial charge in [0.05, 0.1) is 7.11 Å². The molecule has 24 heavy (non-hydrogen) atoms. The van der Waals surface area contributed by atoms with Gasteiger partial charge in [-0.2, -0.15) is 0 Å². The Balaban J connectivity index is 1.96. The zero-order valence-corrected chi connectivity index (χ0v) is 14.8. The van der Waals surface area contributed by atoms with Crippen LogP contribution >= 0.6 is 12.2 Å². The number of carbonyl (C=O) groups excluding carboxylic acids is 1. The fourth-order valence-corrected chi connectivity index (χ4v) is 2.35. The second-order valence-electron chi connectivity index (χ2n) is 5.29. The third-order valence-electron chi connectivity index (χ3n) is 3.53. The Labute approximate surface area is 147 Å². The fraction of sp³-hybridized carbons (Fsp3) is 0.222. The Morgan fingerprint density at radius 3 is 2.54 bits per heavy atom. The van der Waals surface area contributed by atoms with Gasteiger partial charge in [0, 0.05) is 38.0 Å². The maximum absolute atomic E-state index is 11.5. The molecule has 0 atom stereocenters. The van der Waals surface area contributed by atoms with Crippen LogP contribution in [0.1, 0.15) is 15.9 Å². The molecule has 0 bridgehead atoms. The van der Waals surface area contributed by atoms with Crippen molar-refractivity contribution in [3.63, 3.8) is 0 Å². The van der Waals surface area contributed by atoms with Crippen LogP contribution in [0.4, 0.5) is 5.69 Å². The molecule has 0 radical (unpaired) electrons. The van der Waals surface area contributed by atoms with Crippen LogP contribution in [-0.2, 0) is 6.54 Å². The quantitative estimate of drug-likeness (QED) is 0.818. The molecule has 1 amide bonds. The summed E-state index contributed by atoms with van der Waals surface area (Å²) in [6.07, 6.45) is 0. The molecule has 0 aliphatic heterocycles. The molecule has 0 spiro atoms. The van der Waals surface area contributed by atoms with E-state index in [4.69, 9.17) is 17.0 Å². The zero-order chi connectivity index (χ0) is 17.5. The molecule has 2 aromatic carbocycles. The number of anilines is 1. The SMILES string of the molecule is CNC(=O)c1ccc(CN(C)C(=S)Nc2cccc(OC)c2)cc1. The van der Waals surface area contributed by atoms with Gasteiger partial charge in [-0.05, 0) is 42.0 Å². The summed E-state index contributed by atoms with van der Waals surface area (Å²) in [5.41, 5.74) is 2.59. The van der Waals surface area contributed by atoms with Gasteiger partial charge in [-0.15, -0.1) is 0 Å². The second-order valence-corrected chi connectivity index (χ2v) is 5.68. The van der Waals surface area contributed by atoms with Crippen molar-refractivity contribution in [3.05, 3.63) is 59.7 Å². The van der Waals surface area contributed by atoms with E-state index in [9.17, 15) is 4.79 Å². The fourth-order valence-electron chi connectivity index (χ4n) is 2.17. The monoisotopic (exact) mass is 343 g/mol. The number of hydrogen-bond acceptors (Lipinski definition) is 3. The van der Waals surface area contributed by atoms with E-state index >= 15 is 0 Å². The number of thiocarbonyl (C=S) groups is 1. The molecule has 5 nitrogen and oxygen atoms in total. The third kappa shape index (κ3) is 4.70. The smallest absolute Gasteiger partial charge is 0.251 e. The van der Waals surface area contributed by atoms with Gasteiger partial charge in [0.25, 0.3) is 5.91 Å². The maximum Gasteiger partial charge on any atom is 0.251 e. The van der Waals surface area contributed by atoms with Crippen molar-refractivity contribution in [2.75, 3.05) is 26.5 Å². The summed E-state index contributed by atoms with van der Waals surface area (Å²) in [4.78, 5) is 13.5. The number of methoxy groups -OCH3 is 1. The van der Waals surface area contributed by atoms with Gasteiger partial charge in [-0.3, -0.25) is 4.79 Å². The summed E-state index contributed by atoms with van der Waals surface area (Å²) in [6.45, 7) is 0.643. The minimum atomic E-state index is -0.0925. The zero-order valence-electron chi connectivity index (χ0n) is 14.0. The van der Waals surface area contributed by atoms with E-state index in [1.807, 2.05) is 48.3 Å². The minimum absolute atomic E-state index is 0.0925. The predicted molar refractivity (Wildman–Crippen MR) is 101 cm³/mol. The first kappa shape index (κ1) is 17.7. The normalized spacial score (nSPS) is 9.96. The molecular formula is C18H21N3O2S. The first-order valence-corrected chi connectivity index (χ1v) is 7.91. The van der Waals surface area contributed by atoms with E-state index in [-0.39, 0.29) is 5.91 Å². The highest BCUT2D eigenvalue weighted by Crippen LogP contribution is 2.17. The van der Waals surface area contributed by atoms with Gasteiger partial charge in [0.15, 0.2) is 5.11 Å². The lowest BCUT2D eigenvalue weighted by molar-refractivity contribution is 0.0963. The number of nitrogens with zero attached hydrogens (tertiary/aromatic N) is 1. The van der Waals surface area contributed by atoms with Crippen LogP contribution in [-0.4, -0.2) is 37.1 Å². The largest absolute Gasteiger partial charge is 0.497 e. The van der Waals surface area contributed by atoms with E-state index in [1.54, 1.807) is 26.3 Å². The molecule has 126 valence electrons.